The normalized spacial score (nSPS) is 18.9. The van der Waals surface area contributed by atoms with Crippen molar-refractivity contribution in [1.29, 1.82) is 0 Å². The van der Waals surface area contributed by atoms with Gasteiger partial charge in [0.05, 0.1) is 23.3 Å². The van der Waals surface area contributed by atoms with Gasteiger partial charge in [0.2, 0.25) is 5.95 Å². The largest absolute Gasteiger partial charge is 0.369 e. The van der Waals surface area contributed by atoms with Crippen molar-refractivity contribution >= 4 is 28.5 Å². The number of aromatic amines is 1. The maximum Gasteiger partial charge on any atom is 0.231 e. The average Bonchev–Trinajstić information content (AvgIpc) is 3.18. The molecule has 0 amide bonds. The number of fused-ring (bicyclic) bond motifs is 1. The highest BCUT2D eigenvalue weighted by Gasteiger charge is 2.22. The fraction of sp³-hybridized carbons (Fsp3) is 0.526. The van der Waals surface area contributed by atoms with Crippen LogP contribution < -0.4 is 10.6 Å². The highest BCUT2D eigenvalue weighted by Crippen LogP contribution is 2.30. The van der Waals surface area contributed by atoms with Crippen molar-refractivity contribution in [3.63, 3.8) is 0 Å². The summed E-state index contributed by atoms with van der Waals surface area (Å²) < 4.78 is 2.08. The minimum absolute atomic E-state index is 0.472. The van der Waals surface area contributed by atoms with Crippen molar-refractivity contribution in [2.45, 2.75) is 31.7 Å². The summed E-state index contributed by atoms with van der Waals surface area (Å²) in [6.45, 7) is 3.22. The number of hydrogen-bond donors (Lipinski definition) is 3. The molecule has 0 aromatic carbocycles. The van der Waals surface area contributed by atoms with Gasteiger partial charge in [-0.15, -0.1) is 0 Å². The highest BCUT2D eigenvalue weighted by molar-refractivity contribution is 5.88. The molecule has 27 heavy (non-hydrogen) atoms. The standard InChI is InChI=1S/C19H26N8/c1-26-8-5-15(6-9-26)27-12-14(11-22-27)23-19-24-17-16(4-7-20-17)18(25-19)21-10-13-2-3-13/h4,7,11-13,15H,2-3,5-6,8-10H2,1H3,(H3,20,21,23,24,25). The van der Waals surface area contributed by atoms with Crippen LogP contribution in [0.1, 0.15) is 31.7 Å². The van der Waals surface area contributed by atoms with Gasteiger partial charge in [0, 0.05) is 18.9 Å². The van der Waals surface area contributed by atoms with Gasteiger partial charge in [0.1, 0.15) is 11.5 Å². The molecule has 0 atom stereocenters. The van der Waals surface area contributed by atoms with Crippen molar-refractivity contribution in [2.24, 2.45) is 5.92 Å². The van der Waals surface area contributed by atoms with Gasteiger partial charge in [-0.25, -0.2) is 0 Å². The summed E-state index contributed by atoms with van der Waals surface area (Å²) in [4.78, 5) is 14.9. The number of likely N-dealkylation sites (tertiary alicyclic amines) is 1. The van der Waals surface area contributed by atoms with E-state index in [-0.39, 0.29) is 0 Å². The third-order valence-corrected chi connectivity index (χ3v) is 5.59. The number of nitrogens with one attached hydrogen (secondary N) is 3. The smallest absolute Gasteiger partial charge is 0.231 e. The second kappa shape index (κ2) is 6.84. The van der Waals surface area contributed by atoms with Crippen LogP contribution in [0.2, 0.25) is 0 Å². The lowest BCUT2D eigenvalue weighted by atomic mass is 10.1. The van der Waals surface area contributed by atoms with Gasteiger partial charge in [0.25, 0.3) is 0 Å². The third kappa shape index (κ3) is 3.62. The number of hydrogen-bond acceptors (Lipinski definition) is 6. The van der Waals surface area contributed by atoms with Crippen LogP contribution in [0.15, 0.2) is 24.7 Å². The summed E-state index contributed by atoms with van der Waals surface area (Å²) in [5, 5.41) is 12.4. The van der Waals surface area contributed by atoms with Crippen LogP contribution in [0.25, 0.3) is 11.0 Å². The van der Waals surface area contributed by atoms with Crippen LogP contribution >= 0.6 is 0 Å². The molecule has 8 nitrogen and oxygen atoms in total. The molecular formula is C19H26N8. The summed E-state index contributed by atoms with van der Waals surface area (Å²) in [6.07, 6.45) is 10.7. The van der Waals surface area contributed by atoms with E-state index in [1.54, 1.807) is 0 Å². The van der Waals surface area contributed by atoms with Gasteiger partial charge in [-0.3, -0.25) is 4.68 Å². The van der Waals surface area contributed by atoms with Crippen molar-refractivity contribution < 1.29 is 0 Å². The van der Waals surface area contributed by atoms with E-state index in [0.717, 1.165) is 60.9 Å². The highest BCUT2D eigenvalue weighted by atomic mass is 15.3. The van der Waals surface area contributed by atoms with Gasteiger partial charge < -0.3 is 20.5 Å². The van der Waals surface area contributed by atoms with Crippen LogP contribution in [0.5, 0.6) is 0 Å². The number of rotatable bonds is 6. The van der Waals surface area contributed by atoms with E-state index in [2.05, 4.69) is 48.5 Å². The summed E-state index contributed by atoms with van der Waals surface area (Å²) in [5.41, 5.74) is 1.77. The summed E-state index contributed by atoms with van der Waals surface area (Å²) in [5.74, 6) is 2.27. The first kappa shape index (κ1) is 16.6. The zero-order chi connectivity index (χ0) is 18.2. The fourth-order valence-electron chi connectivity index (χ4n) is 3.69. The third-order valence-electron chi connectivity index (χ3n) is 5.59. The molecule has 8 heteroatoms. The molecule has 1 aliphatic heterocycles. The van der Waals surface area contributed by atoms with Crippen molar-refractivity contribution in [1.82, 2.24) is 29.6 Å². The van der Waals surface area contributed by atoms with E-state index in [1.165, 1.54) is 12.8 Å². The fourth-order valence-corrected chi connectivity index (χ4v) is 3.69. The molecule has 0 unspecified atom stereocenters. The van der Waals surface area contributed by atoms with E-state index in [0.29, 0.717) is 12.0 Å². The topological polar surface area (TPSA) is 86.7 Å². The summed E-state index contributed by atoms with van der Waals surface area (Å²) in [7, 11) is 2.18. The Hall–Kier alpha value is -2.61. The molecule has 0 spiro atoms. The summed E-state index contributed by atoms with van der Waals surface area (Å²) in [6, 6.07) is 2.49. The van der Waals surface area contributed by atoms with E-state index in [4.69, 9.17) is 4.98 Å². The van der Waals surface area contributed by atoms with Crippen LogP contribution in [0.4, 0.5) is 17.5 Å². The quantitative estimate of drug-likeness (QED) is 0.622. The van der Waals surface area contributed by atoms with Gasteiger partial charge in [-0.2, -0.15) is 15.1 Å². The van der Waals surface area contributed by atoms with Gasteiger partial charge in [0.15, 0.2) is 0 Å². The number of aromatic nitrogens is 5. The Morgan fingerprint density at radius 3 is 2.85 bits per heavy atom. The van der Waals surface area contributed by atoms with Crippen molar-refractivity contribution in [3.05, 3.63) is 24.7 Å². The lowest BCUT2D eigenvalue weighted by Gasteiger charge is -2.28. The molecule has 1 saturated heterocycles. The molecule has 3 N–H and O–H groups in total. The molecule has 3 aromatic rings. The SMILES string of the molecule is CN1CCC(n2cc(Nc3nc(NCC4CC4)c4cc[nH]c4n3)cn2)CC1. The number of nitrogens with zero attached hydrogens (tertiary/aromatic N) is 5. The Bertz CT molecular complexity index is 917. The second-order valence-corrected chi connectivity index (χ2v) is 7.83. The number of H-pyrrole nitrogens is 1. The number of anilines is 3. The number of piperidine rings is 1. The Labute approximate surface area is 158 Å². The van der Waals surface area contributed by atoms with Crippen LogP contribution in [-0.2, 0) is 0 Å². The monoisotopic (exact) mass is 366 g/mol. The Morgan fingerprint density at radius 2 is 2.04 bits per heavy atom. The van der Waals surface area contributed by atoms with Crippen LogP contribution in [0.3, 0.4) is 0 Å². The molecule has 0 bridgehead atoms. The van der Waals surface area contributed by atoms with Gasteiger partial charge >= 0.3 is 0 Å². The first-order valence-corrected chi connectivity index (χ1v) is 9.83. The molecular weight excluding hydrogens is 340 g/mol. The molecule has 5 rings (SSSR count). The molecule has 2 fully saturated rings. The predicted octanol–water partition coefficient (Wildman–Crippen LogP) is 2.99. The first-order chi connectivity index (χ1) is 13.2. The minimum Gasteiger partial charge on any atom is -0.369 e. The zero-order valence-corrected chi connectivity index (χ0v) is 15.6. The molecule has 1 aliphatic carbocycles. The summed E-state index contributed by atoms with van der Waals surface area (Å²) >= 11 is 0. The van der Waals surface area contributed by atoms with Gasteiger partial charge in [-0.1, -0.05) is 0 Å². The maximum absolute atomic E-state index is 4.70. The minimum atomic E-state index is 0.472. The van der Waals surface area contributed by atoms with E-state index in [9.17, 15) is 0 Å². The molecule has 142 valence electrons. The average molecular weight is 366 g/mol. The molecule has 2 aliphatic rings. The van der Waals surface area contributed by atoms with E-state index >= 15 is 0 Å². The Kier molecular flexibility index (Phi) is 4.20. The first-order valence-electron chi connectivity index (χ1n) is 9.83. The maximum atomic E-state index is 4.70. The Morgan fingerprint density at radius 1 is 1.19 bits per heavy atom. The lowest BCUT2D eigenvalue weighted by Crippen LogP contribution is -2.31. The van der Waals surface area contributed by atoms with Gasteiger partial charge in [-0.05, 0) is 57.8 Å². The molecule has 4 heterocycles. The van der Waals surface area contributed by atoms with Crippen LogP contribution in [-0.4, -0.2) is 56.3 Å². The molecule has 0 radical (unpaired) electrons. The molecule has 3 aromatic heterocycles. The van der Waals surface area contributed by atoms with E-state index in [1.807, 2.05) is 18.5 Å². The second-order valence-electron chi connectivity index (χ2n) is 7.83. The zero-order valence-electron chi connectivity index (χ0n) is 15.6. The van der Waals surface area contributed by atoms with E-state index < -0.39 is 0 Å². The molecule has 1 saturated carbocycles. The Balaban J connectivity index is 1.33. The van der Waals surface area contributed by atoms with Crippen molar-refractivity contribution in [2.75, 3.05) is 37.3 Å². The van der Waals surface area contributed by atoms with Crippen molar-refractivity contribution in [3.8, 4) is 0 Å². The van der Waals surface area contributed by atoms with Crippen LogP contribution in [0, 0.1) is 5.92 Å². The lowest BCUT2D eigenvalue weighted by molar-refractivity contribution is 0.212. The predicted molar refractivity (Wildman–Crippen MR) is 106 cm³/mol.